The Morgan fingerprint density at radius 1 is 0.810 bits per heavy atom. The molecular weight excluding hydrogens is 309 g/mol. The van der Waals surface area contributed by atoms with E-state index in [1.54, 1.807) is 0 Å². The maximum Gasteiger partial charge on any atom is 0.305 e. The lowest BCUT2D eigenvalue weighted by atomic mass is 10.1. The fourth-order valence-corrected chi connectivity index (χ4v) is 2.82. The molecule has 0 radical (unpaired) electrons. The summed E-state index contributed by atoms with van der Waals surface area (Å²) < 4.78 is 4.62. The number of carbonyl (C=O) groups excluding carboxylic acids is 1. The average molecular weight is 340 g/mol. The van der Waals surface area contributed by atoms with Gasteiger partial charge in [-0.05, 0) is 19.4 Å². The number of hydrogen-bond donors (Lipinski definition) is 0. The molecule has 0 aromatic heterocycles. The molecule has 0 aromatic carbocycles. The molecule has 0 aliphatic heterocycles. The van der Waals surface area contributed by atoms with E-state index in [0.717, 1.165) is 32.5 Å². The van der Waals surface area contributed by atoms with Gasteiger partial charge in [-0.3, -0.25) is 4.79 Å². The van der Waals surface area contributed by atoms with Crippen LogP contribution in [0.5, 0.6) is 0 Å². The zero-order valence-corrected chi connectivity index (χ0v) is 14.9. The number of hydrogen-bond acceptors (Lipinski definition) is 3. The molecular formula is C16H31Cl2NO2. The van der Waals surface area contributed by atoms with Crippen molar-refractivity contribution in [1.82, 2.24) is 4.90 Å². The van der Waals surface area contributed by atoms with Gasteiger partial charge in [0.15, 0.2) is 0 Å². The van der Waals surface area contributed by atoms with Gasteiger partial charge in [0.1, 0.15) is 0 Å². The molecule has 0 unspecified atom stereocenters. The van der Waals surface area contributed by atoms with E-state index in [-0.39, 0.29) is 5.97 Å². The van der Waals surface area contributed by atoms with E-state index >= 15 is 0 Å². The third kappa shape index (κ3) is 14.7. The molecule has 0 saturated heterocycles. The van der Waals surface area contributed by atoms with Gasteiger partial charge in [-0.2, -0.15) is 0 Å². The Hall–Kier alpha value is 0.01000. The minimum Gasteiger partial charge on any atom is -0.469 e. The van der Waals surface area contributed by atoms with Crippen LogP contribution in [0.2, 0.25) is 0 Å². The summed E-state index contributed by atoms with van der Waals surface area (Å²) in [5, 5.41) is 0. The SMILES string of the molecule is COC(=O)CCCCCCCCCCN(CCCl)CCCl. The highest BCUT2D eigenvalue weighted by atomic mass is 35.5. The number of ether oxygens (including phenoxy) is 1. The Kier molecular flexibility index (Phi) is 16.4. The molecule has 0 N–H and O–H groups in total. The maximum atomic E-state index is 10.9. The van der Waals surface area contributed by atoms with E-state index in [1.807, 2.05) is 0 Å². The van der Waals surface area contributed by atoms with Gasteiger partial charge in [0.05, 0.1) is 7.11 Å². The quantitative estimate of drug-likeness (QED) is 0.251. The number of alkyl halides is 2. The molecule has 3 nitrogen and oxygen atoms in total. The van der Waals surface area contributed by atoms with Crippen molar-refractivity contribution < 1.29 is 9.53 Å². The zero-order valence-electron chi connectivity index (χ0n) is 13.4. The molecule has 0 aliphatic carbocycles. The number of nitrogens with zero attached hydrogens (tertiary/aromatic N) is 1. The molecule has 0 spiro atoms. The lowest BCUT2D eigenvalue weighted by molar-refractivity contribution is -0.140. The van der Waals surface area contributed by atoms with Crippen LogP contribution in [-0.2, 0) is 9.53 Å². The summed E-state index contributed by atoms with van der Waals surface area (Å²) >= 11 is 11.5. The van der Waals surface area contributed by atoms with Gasteiger partial charge in [-0.1, -0.05) is 38.5 Å². The first kappa shape index (κ1) is 21.0. The van der Waals surface area contributed by atoms with Crippen molar-refractivity contribution in [1.29, 1.82) is 0 Å². The largest absolute Gasteiger partial charge is 0.469 e. The molecule has 0 aliphatic rings. The van der Waals surface area contributed by atoms with Crippen molar-refractivity contribution in [2.24, 2.45) is 0 Å². The van der Waals surface area contributed by atoms with E-state index in [2.05, 4.69) is 9.64 Å². The highest BCUT2D eigenvalue weighted by molar-refractivity contribution is 6.18. The molecule has 5 heteroatoms. The normalized spacial score (nSPS) is 11.0. The van der Waals surface area contributed by atoms with Gasteiger partial charge in [0.25, 0.3) is 0 Å². The van der Waals surface area contributed by atoms with Crippen LogP contribution in [0.25, 0.3) is 0 Å². The Bertz CT molecular complexity index is 234. The highest BCUT2D eigenvalue weighted by Crippen LogP contribution is 2.10. The second-order valence-electron chi connectivity index (χ2n) is 5.37. The Labute approximate surface area is 140 Å². The molecule has 126 valence electrons. The van der Waals surface area contributed by atoms with E-state index in [1.165, 1.54) is 45.6 Å². The fourth-order valence-electron chi connectivity index (χ4n) is 2.34. The number of carbonyl (C=O) groups is 1. The summed E-state index contributed by atoms with van der Waals surface area (Å²) in [7, 11) is 1.45. The minimum absolute atomic E-state index is 0.0894. The van der Waals surface area contributed by atoms with E-state index in [9.17, 15) is 4.79 Å². The van der Waals surface area contributed by atoms with E-state index in [0.29, 0.717) is 18.2 Å². The molecule has 0 fully saturated rings. The maximum absolute atomic E-state index is 10.9. The lowest BCUT2D eigenvalue weighted by Crippen LogP contribution is -2.28. The smallest absolute Gasteiger partial charge is 0.305 e. The molecule has 0 rings (SSSR count). The van der Waals surface area contributed by atoms with Gasteiger partial charge < -0.3 is 9.64 Å². The van der Waals surface area contributed by atoms with Crippen molar-refractivity contribution in [3.8, 4) is 0 Å². The molecule has 0 amide bonds. The zero-order chi connectivity index (χ0) is 15.8. The van der Waals surface area contributed by atoms with Crippen LogP contribution in [0.3, 0.4) is 0 Å². The van der Waals surface area contributed by atoms with Gasteiger partial charge in [-0.15, -0.1) is 23.2 Å². The third-order valence-electron chi connectivity index (χ3n) is 3.63. The first-order valence-corrected chi connectivity index (χ1v) is 9.22. The number of esters is 1. The van der Waals surface area contributed by atoms with E-state index in [4.69, 9.17) is 23.2 Å². The third-order valence-corrected chi connectivity index (χ3v) is 3.97. The first-order chi connectivity index (χ1) is 10.2. The Morgan fingerprint density at radius 2 is 1.29 bits per heavy atom. The summed E-state index contributed by atoms with van der Waals surface area (Å²) in [6.45, 7) is 2.99. The Balaban J connectivity index is 3.26. The van der Waals surface area contributed by atoms with Gasteiger partial charge >= 0.3 is 5.97 Å². The predicted molar refractivity (Wildman–Crippen MR) is 91.4 cm³/mol. The van der Waals surface area contributed by atoms with Crippen molar-refractivity contribution in [2.45, 2.75) is 57.8 Å². The number of halogens is 2. The van der Waals surface area contributed by atoms with Crippen LogP contribution in [0.4, 0.5) is 0 Å². The van der Waals surface area contributed by atoms with Gasteiger partial charge in [0.2, 0.25) is 0 Å². The summed E-state index contributed by atoms with van der Waals surface area (Å²) in [4.78, 5) is 13.3. The van der Waals surface area contributed by atoms with Crippen LogP contribution >= 0.6 is 23.2 Å². The standard InChI is InChI=1S/C16H31Cl2NO2/c1-21-16(20)10-8-6-4-2-3-5-7-9-13-19(14-11-17)15-12-18/h2-15H2,1H3. The fraction of sp³-hybridized carbons (Fsp3) is 0.938. The van der Waals surface area contributed by atoms with Crippen LogP contribution < -0.4 is 0 Å². The van der Waals surface area contributed by atoms with Crippen LogP contribution in [-0.4, -0.2) is 49.4 Å². The van der Waals surface area contributed by atoms with Crippen LogP contribution in [0, 0.1) is 0 Å². The highest BCUT2D eigenvalue weighted by Gasteiger charge is 2.03. The van der Waals surface area contributed by atoms with Crippen molar-refractivity contribution in [2.75, 3.05) is 38.5 Å². The predicted octanol–water partition coefficient (Wildman–Crippen LogP) is 4.45. The average Bonchev–Trinajstić information content (AvgIpc) is 2.49. The summed E-state index contributed by atoms with van der Waals surface area (Å²) in [5.41, 5.74) is 0. The van der Waals surface area contributed by atoms with Crippen LogP contribution in [0.1, 0.15) is 57.8 Å². The molecule has 0 heterocycles. The topological polar surface area (TPSA) is 29.5 Å². The molecule has 0 aromatic rings. The number of unbranched alkanes of at least 4 members (excludes halogenated alkanes) is 7. The molecule has 0 saturated carbocycles. The molecule has 21 heavy (non-hydrogen) atoms. The van der Waals surface area contributed by atoms with Crippen molar-refractivity contribution >= 4 is 29.2 Å². The second kappa shape index (κ2) is 16.4. The lowest BCUT2D eigenvalue weighted by Gasteiger charge is -2.19. The van der Waals surface area contributed by atoms with Crippen LogP contribution in [0.15, 0.2) is 0 Å². The summed E-state index contributed by atoms with van der Waals surface area (Å²) in [6.07, 6.45) is 10.3. The first-order valence-electron chi connectivity index (χ1n) is 8.15. The summed E-state index contributed by atoms with van der Waals surface area (Å²) in [5.74, 6) is 1.28. The van der Waals surface area contributed by atoms with Gasteiger partial charge in [-0.25, -0.2) is 0 Å². The van der Waals surface area contributed by atoms with E-state index < -0.39 is 0 Å². The van der Waals surface area contributed by atoms with Crippen molar-refractivity contribution in [3.05, 3.63) is 0 Å². The molecule has 0 bridgehead atoms. The summed E-state index contributed by atoms with van der Waals surface area (Å²) in [6, 6.07) is 0. The van der Waals surface area contributed by atoms with Gasteiger partial charge in [0, 0.05) is 31.3 Å². The Morgan fingerprint density at radius 3 is 1.76 bits per heavy atom. The number of methoxy groups -OCH3 is 1. The second-order valence-corrected chi connectivity index (χ2v) is 6.13. The van der Waals surface area contributed by atoms with Crippen molar-refractivity contribution in [3.63, 3.8) is 0 Å². The number of rotatable bonds is 15. The monoisotopic (exact) mass is 339 g/mol. The minimum atomic E-state index is -0.0894. The molecule has 0 atom stereocenters.